The molecule has 18 heavy (non-hydrogen) atoms. The van der Waals surface area contributed by atoms with Gasteiger partial charge in [-0.2, -0.15) is 0 Å². The van der Waals surface area contributed by atoms with Gasteiger partial charge in [-0.3, -0.25) is 0 Å². The molecule has 0 saturated heterocycles. The number of halogens is 2. The lowest BCUT2D eigenvalue weighted by molar-refractivity contribution is 0.147. The fraction of sp³-hybridized carbons (Fsp3) is 0.143. The second-order valence-electron chi connectivity index (χ2n) is 4.07. The van der Waals surface area contributed by atoms with E-state index in [1.54, 1.807) is 0 Å². The van der Waals surface area contributed by atoms with Crippen molar-refractivity contribution in [3.05, 3.63) is 68.6 Å². The molecule has 2 atom stereocenters. The Hall–Kier alpha value is -0.680. The quantitative estimate of drug-likeness (QED) is 0.859. The van der Waals surface area contributed by atoms with Gasteiger partial charge in [0.1, 0.15) is 0 Å². The van der Waals surface area contributed by atoms with Crippen molar-refractivity contribution in [1.82, 2.24) is 0 Å². The third kappa shape index (κ3) is 3.20. The number of aliphatic hydroxyl groups excluding tert-OH is 1. The Kier molecular flexibility index (Phi) is 4.56. The van der Waals surface area contributed by atoms with Crippen LogP contribution >= 0.6 is 31.9 Å². The van der Waals surface area contributed by atoms with Crippen LogP contribution in [0.1, 0.15) is 23.3 Å². The van der Waals surface area contributed by atoms with E-state index in [9.17, 15) is 5.11 Å². The molecule has 0 aliphatic heterocycles. The molecule has 0 heterocycles. The first-order valence-corrected chi connectivity index (χ1v) is 7.11. The van der Waals surface area contributed by atoms with Crippen molar-refractivity contribution in [2.45, 2.75) is 12.1 Å². The maximum atomic E-state index is 10.3. The summed E-state index contributed by atoms with van der Waals surface area (Å²) >= 11 is 6.74. The maximum Gasteiger partial charge on any atom is 0.0982 e. The first-order chi connectivity index (χ1) is 8.58. The number of aliphatic hydroxyl groups is 1. The second-order valence-corrected chi connectivity index (χ2v) is 5.91. The Bertz CT molecular complexity index is 461. The molecule has 0 spiro atoms. The minimum Gasteiger partial charge on any atom is -0.386 e. The van der Waals surface area contributed by atoms with Gasteiger partial charge in [0.15, 0.2) is 0 Å². The molecule has 2 aromatic carbocycles. The van der Waals surface area contributed by atoms with E-state index in [-0.39, 0.29) is 0 Å². The number of nitrogens with two attached hydrogens (primary N) is 1. The van der Waals surface area contributed by atoms with Gasteiger partial charge in [-0.1, -0.05) is 56.1 Å². The van der Waals surface area contributed by atoms with Gasteiger partial charge in [-0.25, -0.2) is 0 Å². The van der Waals surface area contributed by atoms with Crippen molar-refractivity contribution in [3.8, 4) is 0 Å². The summed E-state index contributed by atoms with van der Waals surface area (Å²) in [7, 11) is 0. The van der Waals surface area contributed by atoms with Crippen LogP contribution in [0.15, 0.2) is 57.5 Å². The molecule has 2 nitrogen and oxygen atoms in total. The molecule has 4 heteroatoms. The van der Waals surface area contributed by atoms with Gasteiger partial charge >= 0.3 is 0 Å². The van der Waals surface area contributed by atoms with Crippen molar-refractivity contribution in [2.75, 3.05) is 0 Å². The van der Waals surface area contributed by atoms with Crippen LogP contribution in [0, 0.1) is 0 Å². The molecule has 3 N–H and O–H groups in total. The zero-order chi connectivity index (χ0) is 13.1. The Morgan fingerprint density at radius 1 is 0.778 bits per heavy atom. The lowest BCUT2D eigenvalue weighted by atomic mass is 9.97. The normalized spacial score (nSPS) is 14.2. The zero-order valence-electron chi connectivity index (χ0n) is 9.55. The summed E-state index contributed by atoms with van der Waals surface area (Å²) in [6.07, 6.45) is -0.709. The monoisotopic (exact) mass is 369 g/mol. The smallest absolute Gasteiger partial charge is 0.0982 e. The Morgan fingerprint density at radius 2 is 1.17 bits per heavy atom. The number of hydrogen-bond donors (Lipinski definition) is 2. The standard InChI is InChI=1S/C14H13Br2NO/c15-11-5-1-9(2-6-11)13(17)14(18)10-3-7-12(16)8-4-10/h1-8,13-14,18H,17H2/t13-,14+/m1/s1. The van der Waals surface area contributed by atoms with Crippen LogP contribution in [-0.4, -0.2) is 5.11 Å². The molecule has 94 valence electrons. The van der Waals surface area contributed by atoms with Gasteiger partial charge in [0.2, 0.25) is 0 Å². The van der Waals surface area contributed by atoms with Crippen molar-refractivity contribution in [2.24, 2.45) is 5.73 Å². The Balaban J connectivity index is 2.20. The Labute approximate surface area is 123 Å². The molecule has 2 aromatic rings. The van der Waals surface area contributed by atoms with Crippen LogP contribution in [-0.2, 0) is 0 Å². The number of hydrogen-bond acceptors (Lipinski definition) is 2. The predicted octanol–water partition coefficient (Wildman–Crippen LogP) is 3.95. The summed E-state index contributed by atoms with van der Waals surface area (Å²) in [6, 6.07) is 14.8. The molecule has 0 bridgehead atoms. The third-order valence-corrected chi connectivity index (χ3v) is 3.86. The first kappa shape index (κ1) is 13.7. The number of rotatable bonds is 3. The highest BCUT2D eigenvalue weighted by molar-refractivity contribution is 9.10. The summed E-state index contributed by atoms with van der Waals surface area (Å²) in [5, 5.41) is 10.3. The molecule has 0 unspecified atom stereocenters. The van der Waals surface area contributed by atoms with E-state index < -0.39 is 12.1 Å². The first-order valence-electron chi connectivity index (χ1n) is 5.52. The topological polar surface area (TPSA) is 46.2 Å². The summed E-state index contributed by atoms with van der Waals surface area (Å²) in [6.45, 7) is 0. The van der Waals surface area contributed by atoms with E-state index in [4.69, 9.17) is 5.73 Å². The van der Waals surface area contributed by atoms with E-state index in [0.29, 0.717) is 0 Å². The van der Waals surface area contributed by atoms with E-state index in [1.807, 2.05) is 48.5 Å². The molecule has 2 rings (SSSR count). The van der Waals surface area contributed by atoms with Crippen LogP contribution < -0.4 is 5.73 Å². The van der Waals surface area contributed by atoms with Crippen molar-refractivity contribution < 1.29 is 5.11 Å². The second kappa shape index (κ2) is 5.97. The summed E-state index contributed by atoms with van der Waals surface area (Å²) in [5.41, 5.74) is 7.81. The highest BCUT2D eigenvalue weighted by Crippen LogP contribution is 2.28. The van der Waals surface area contributed by atoms with Crippen LogP contribution in [0.2, 0.25) is 0 Å². The molecule has 0 radical (unpaired) electrons. The van der Waals surface area contributed by atoms with Crippen molar-refractivity contribution >= 4 is 31.9 Å². The van der Waals surface area contributed by atoms with E-state index in [2.05, 4.69) is 31.9 Å². The highest BCUT2D eigenvalue weighted by atomic mass is 79.9. The van der Waals surface area contributed by atoms with E-state index in [0.717, 1.165) is 20.1 Å². The van der Waals surface area contributed by atoms with Crippen LogP contribution in [0.4, 0.5) is 0 Å². The van der Waals surface area contributed by atoms with Crippen molar-refractivity contribution in [3.63, 3.8) is 0 Å². The largest absolute Gasteiger partial charge is 0.386 e. The van der Waals surface area contributed by atoms with Crippen molar-refractivity contribution in [1.29, 1.82) is 0 Å². The molecule has 0 aromatic heterocycles. The summed E-state index contributed by atoms with van der Waals surface area (Å²) in [5.74, 6) is 0. The van der Waals surface area contributed by atoms with Gasteiger partial charge < -0.3 is 10.8 Å². The average Bonchev–Trinajstić information content (AvgIpc) is 2.39. The maximum absolute atomic E-state index is 10.3. The average molecular weight is 371 g/mol. The van der Waals surface area contributed by atoms with Gasteiger partial charge in [0.05, 0.1) is 12.1 Å². The minimum absolute atomic E-state index is 0.431. The van der Waals surface area contributed by atoms with Gasteiger partial charge in [-0.15, -0.1) is 0 Å². The zero-order valence-corrected chi connectivity index (χ0v) is 12.7. The molecule has 0 saturated carbocycles. The third-order valence-electron chi connectivity index (χ3n) is 2.81. The van der Waals surface area contributed by atoms with Crippen LogP contribution in [0.5, 0.6) is 0 Å². The fourth-order valence-electron chi connectivity index (χ4n) is 1.73. The lowest BCUT2D eigenvalue weighted by Gasteiger charge is -2.19. The molecule has 0 amide bonds. The minimum atomic E-state index is -0.709. The predicted molar refractivity (Wildman–Crippen MR) is 80.2 cm³/mol. The molecule has 0 aliphatic rings. The molecular weight excluding hydrogens is 358 g/mol. The Morgan fingerprint density at radius 3 is 1.61 bits per heavy atom. The molecule has 0 aliphatic carbocycles. The van der Waals surface area contributed by atoms with E-state index in [1.165, 1.54) is 0 Å². The van der Waals surface area contributed by atoms with Gasteiger partial charge in [0, 0.05) is 8.95 Å². The summed E-state index contributed by atoms with van der Waals surface area (Å²) < 4.78 is 1.98. The van der Waals surface area contributed by atoms with Crippen LogP contribution in [0.25, 0.3) is 0 Å². The van der Waals surface area contributed by atoms with Gasteiger partial charge in [-0.05, 0) is 35.4 Å². The highest BCUT2D eigenvalue weighted by Gasteiger charge is 2.18. The number of benzene rings is 2. The van der Waals surface area contributed by atoms with E-state index >= 15 is 0 Å². The van der Waals surface area contributed by atoms with Gasteiger partial charge in [0.25, 0.3) is 0 Å². The molecule has 0 fully saturated rings. The lowest BCUT2D eigenvalue weighted by Crippen LogP contribution is -2.19. The SMILES string of the molecule is N[C@H](c1ccc(Br)cc1)[C@@H](O)c1ccc(Br)cc1. The summed E-state index contributed by atoms with van der Waals surface area (Å²) in [4.78, 5) is 0. The molecular formula is C14H13Br2NO. The fourth-order valence-corrected chi connectivity index (χ4v) is 2.26. The van der Waals surface area contributed by atoms with Crippen LogP contribution in [0.3, 0.4) is 0 Å².